The Labute approximate surface area is 123 Å². The van der Waals surface area contributed by atoms with Gasteiger partial charge in [-0.15, -0.1) is 0 Å². The molecule has 2 rings (SSSR count). The van der Waals surface area contributed by atoms with Gasteiger partial charge in [0.25, 0.3) is 0 Å². The number of Topliss-reactive ketones (excluding diaryl/α,β-unsaturated/α-hetero) is 1. The third-order valence-electron chi connectivity index (χ3n) is 3.82. The molecule has 0 N–H and O–H groups in total. The molecule has 4 nitrogen and oxygen atoms in total. The predicted octanol–water partition coefficient (Wildman–Crippen LogP) is 2.22. The van der Waals surface area contributed by atoms with Gasteiger partial charge in [-0.05, 0) is 43.5 Å². The second kappa shape index (κ2) is 6.35. The lowest BCUT2D eigenvalue weighted by Gasteiger charge is -2.33. The summed E-state index contributed by atoms with van der Waals surface area (Å²) in [7, 11) is 0. The first kappa shape index (κ1) is 15.6. The van der Waals surface area contributed by atoms with Crippen molar-refractivity contribution >= 4 is 11.8 Å². The molecule has 0 radical (unpaired) electrons. The third kappa shape index (κ3) is 3.13. The van der Waals surface area contributed by atoms with Gasteiger partial charge in [0.15, 0.2) is 11.2 Å². The number of hydrogen-bond donors (Lipinski definition) is 0. The normalized spacial score (nSPS) is 22.1. The van der Waals surface area contributed by atoms with Crippen molar-refractivity contribution in [3.63, 3.8) is 0 Å². The Morgan fingerprint density at radius 3 is 2.86 bits per heavy atom. The van der Waals surface area contributed by atoms with Gasteiger partial charge in [0.05, 0.1) is 19.8 Å². The summed E-state index contributed by atoms with van der Waals surface area (Å²) in [5.41, 5.74) is 0.150. The zero-order valence-corrected chi connectivity index (χ0v) is 12.3. The number of rotatable bonds is 4. The van der Waals surface area contributed by atoms with Gasteiger partial charge in [-0.1, -0.05) is 6.07 Å². The number of halogens is 1. The summed E-state index contributed by atoms with van der Waals surface area (Å²) in [5.74, 6) is -1.07. The van der Waals surface area contributed by atoms with E-state index >= 15 is 0 Å². The molecular weight excluding hydrogens is 275 g/mol. The van der Waals surface area contributed by atoms with Gasteiger partial charge in [-0.3, -0.25) is 9.59 Å². The fourth-order valence-electron chi connectivity index (χ4n) is 2.58. The molecule has 1 aliphatic heterocycles. The van der Waals surface area contributed by atoms with Gasteiger partial charge in [0.1, 0.15) is 5.82 Å². The van der Waals surface area contributed by atoms with Crippen LogP contribution in [0.3, 0.4) is 0 Å². The summed E-state index contributed by atoms with van der Waals surface area (Å²) in [6, 6.07) is 4.32. The van der Waals surface area contributed by atoms with Crippen molar-refractivity contribution in [1.29, 1.82) is 0 Å². The Morgan fingerprint density at radius 2 is 2.24 bits per heavy atom. The number of benzene rings is 1. The molecule has 0 aliphatic carbocycles. The van der Waals surface area contributed by atoms with E-state index in [2.05, 4.69) is 0 Å². The first-order valence-electron chi connectivity index (χ1n) is 7.03. The van der Waals surface area contributed by atoms with E-state index in [4.69, 9.17) is 9.47 Å². The highest BCUT2D eigenvalue weighted by atomic mass is 19.1. The van der Waals surface area contributed by atoms with Crippen molar-refractivity contribution in [1.82, 2.24) is 0 Å². The maximum Gasteiger partial charge on any atom is 0.322 e. The van der Waals surface area contributed by atoms with Crippen LogP contribution in [0, 0.1) is 18.2 Å². The van der Waals surface area contributed by atoms with Crippen molar-refractivity contribution in [3.8, 4) is 0 Å². The SMILES string of the molecule is CCOC(=O)C1(Cc2ccc(F)cc2C)COCCC1=O. The predicted molar refractivity (Wildman–Crippen MR) is 74.4 cm³/mol. The van der Waals surface area contributed by atoms with Crippen molar-refractivity contribution in [2.75, 3.05) is 19.8 Å². The summed E-state index contributed by atoms with van der Waals surface area (Å²) >= 11 is 0. The average molecular weight is 294 g/mol. The number of carbonyl (C=O) groups excluding carboxylic acids is 2. The molecule has 5 heteroatoms. The first-order valence-corrected chi connectivity index (χ1v) is 7.03. The number of carbonyl (C=O) groups is 2. The van der Waals surface area contributed by atoms with Crippen LogP contribution in [0.25, 0.3) is 0 Å². The Morgan fingerprint density at radius 1 is 1.48 bits per heavy atom. The number of hydrogen-bond acceptors (Lipinski definition) is 4. The molecule has 114 valence electrons. The zero-order chi connectivity index (χ0) is 15.5. The molecule has 1 aliphatic rings. The molecule has 0 amide bonds. The molecule has 1 saturated heterocycles. The molecule has 0 aromatic heterocycles. The quantitative estimate of drug-likeness (QED) is 0.631. The molecule has 0 spiro atoms. The minimum absolute atomic E-state index is 0.0154. The minimum atomic E-state index is -1.31. The lowest BCUT2D eigenvalue weighted by molar-refractivity contribution is -0.169. The van der Waals surface area contributed by atoms with Gasteiger partial charge in [0, 0.05) is 6.42 Å². The van der Waals surface area contributed by atoms with Crippen LogP contribution in [-0.2, 0) is 25.5 Å². The van der Waals surface area contributed by atoms with E-state index in [0.29, 0.717) is 12.2 Å². The monoisotopic (exact) mass is 294 g/mol. The summed E-state index contributed by atoms with van der Waals surface area (Å²) < 4.78 is 23.6. The second-order valence-electron chi connectivity index (χ2n) is 5.28. The van der Waals surface area contributed by atoms with Gasteiger partial charge in [0.2, 0.25) is 0 Å². The van der Waals surface area contributed by atoms with E-state index in [1.54, 1.807) is 19.9 Å². The van der Waals surface area contributed by atoms with Crippen molar-refractivity contribution < 1.29 is 23.5 Å². The number of ether oxygens (including phenoxy) is 2. The van der Waals surface area contributed by atoms with Gasteiger partial charge < -0.3 is 9.47 Å². The van der Waals surface area contributed by atoms with Crippen LogP contribution in [0.15, 0.2) is 18.2 Å². The molecule has 1 aromatic rings. The Balaban J connectivity index is 2.35. The van der Waals surface area contributed by atoms with E-state index in [1.165, 1.54) is 12.1 Å². The molecule has 1 aromatic carbocycles. The highest BCUT2D eigenvalue weighted by Crippen LogP contribution is 2.32. The fourth-order valence-corrected chi connectivity index (χ4v) is 2.58. The maximum atomic E-state index is 13.2. The van der Waals surface area contributed by atoms with Crippen LogP contribution < -0.4 is 0 Å². The summed E-state index contributed by atoms with van der Waals surface area (Å²) in [5, 5.41) is 0. The minimum Gasteiger partial charge on any atom is -0.465 e. The first-order chi connectivity index (χ1) is 9.99. The second-order valence-corrected chi connectivity index (χ2v) is 5.28. The van der Waals surface area contributed by atoms with Crippen LogP contribution in [-0.4, -0.2) is 31.6 Å². The van der Waals surface area contributed by atoms with Crippen LogP contribution in [0.4, 0.5) is 4.39 Å². The number of aryl methyl sites for hydroxylation is 1. The van der Waals surface area contributed by atoms with Crippen LogP contribution in [0.5, 0.6) is 0 Å². The van der Waals surface area contributed by atoms with Crippen LogP contribution in [0.2, 0.25) is 0 Å². The number of ketones is 1. The van der Waals surface area contributed by atoms with Crippen molar-refractivity contribution in [2.24, 2.45) is 5.41 Å². The molecule has 0 bridgehead atoms. The van der Waals surface area contributed by atoms with Gasteiger partial charge in [-0.2, -0.15) is 0 Å². The van der Waals surface area contributed by atoms with Crippen LogP contribution in [0.1, 0.15) is 24.5 Å². The molecule has 1 heterocycles. The summed E-state index contributed by atoms with van der Waals surface area (Å²) in [6.07, 6.45) is 0.371. The van der Waals surface area contributed by atoms with Crippen molar-refractivity contribution in [3.05, 3.63) is 35.1 Å². The van der Waals surface area contributed by atoms with E-state index < -0.39 is 11.4 Å². The smallest absolute Gasteiger partial charge is 0.322 e. The molecule has 1 atom stereocenters. The molecule has 21 heavy (non-hydrogen) atoms. The molecule has 0 saturated carbocycles. The van der Waals surface area contributed by atoms with Gasteiger partial charge >= 0.3 is 5.97 Å². The fraction of sp³-hybridized carbons (Fsp3) is 0.500. The summed E-state index contributed by atoms with van der Waals surface area (Å²) in [6.45, 7) is 3.99. The molecular formula is C16H19FO4. The van der Waals surface area contributed by atoms with Crippen LogP contribution >= 0.6 is 0 Å². The zero-order valence-electron chi connectivity index (χ0n) is 12.3. The number of esters is 1. The van der Waals surface area contributed by atoms with E-state index in [9.17, 15) is 14.0 Å². The largest absolute Gasteiger partial charge is 0.465 e. The average Bonchev–Trinajstić information content (AvgIpc) is 2.44. The van der Waals surface area contributed by atoms with Gasteiger partial charge in [-0.25, -0.2) is 4.39 Å². The Hall–Kier alpha value is -1.75. The molecule has 1 unspecified atom stereocenters. The highest BCUT2D eigenvalue weighted by Gasteiger charge is 2.49. The maximum absolute atomic E-state index is 13.2. The molecule has 1 fully saturated rings. The lowest BCUT2D eigenvalue weighted by Crippen LogP contribution is -2.49. The van der Waals surface area contributed by atoms with E-state index in [1.807, 2.05) is 0 Å². The highest BCUT2D eigenvalue weighted by molar-refractivity contribution is 6.04. The standard InChI is InChI=1S/C16H19FO4/c1-3-21-15(19)16(10-20-7-6-14(16)18)9-12-4-5-13(17)8-11(12)2/h4-5,8H,3,6-7,9-10H2,1-2H3. The van der Waals surface area contributed by atoms with E-state index in [-0.39, 0.29) is 37.7 Å². The topological polar surface area (TPSA) is 52.6 Å². The third-order valence-corrected chi connectivity index (χ3v) is 3.82. The Kier molecular flexibility index (Phi) is 4.73. The van der Waals surface area contributed by atoms with E-state index in [0.717, 1.165) is 5.56 Å². The summed E-state index contributed by atoms with van der Waals surface area (Å²) in [4.78, 5) is 24.7. The van der Waals surface area contributed by atoms with Crippen molar-refractivity contribution in [2.45, 2.75) is 26.7 Å². The Bertz CT molecular complexity index is 555. The lowest BCUT2D eigenvalue weighted by atomic mass is 9.75.